The summed E-state index contributed by atoms with van der Waals surface area (Å²) in [5.41, 5.74) is 4.89. The van der Waals surface area contributed by atoms with Gasteiger partial charge in [0.2, 0.25) is 0 Å². The lowest BCUT2D eigenvalue weighted by molar-refractivity contribution is 0.590. The third kappa shape index (κ3) is 4.43. The Bertz CT molecular complexity index is 1350. The van der Waals surface area contributed by atoms with Crippen LogP contribution < -0.4 is 5.56 Å². The first-order valence-electron chi connectivity index (χ1n) is 10.0. The maximum absolute atomic E-state index is 13.0. The van der Waals surface area contributed by atoms with Crippen molar-refractivity contribution in [2.75, 3.05) is 0 Å². The molecule has 0 saturated heterocycles. The van der Waals surface area contributed by atoms with Crippen LogP contribution in [-0.2, 0) is 11.2 Å². The van der Waals surface area contributed by atoms with E-state index in [9.17, 15) is 4.79 Å². The minimum Gasteiger partial charge on any atom is -0.301 e. The second-order valence-corrected chi connectivity index (χ2v) is 10.7. The van der Waals surface area contributed by atoms with Gasteiger partial charge in [-0.2, -0.15) is 5.26 Å². The molecule has 0 atom stereocenters. The number of aromatic nitrogens is 2. The van der Waals surface area contributed by atoms with Crippen LogP contribution in [0.5, 0.6) is 0 Å². The van der Waals surface area contributed by atoms with Crippen LogP contribution in [0.4, 0.5) is 0 Å². The number of rotatable bonds is 4. The minimum atomic E-state index is -0.113. The Kier molecular flexibility index (Phi) is 5.74. The van der Waals surface area contributed by atoms with Crippen molar-refractivity contribution in [2.24, 2.45) is 0 Å². The van der Waals surface area contributed by atoms with Gasteiger partial charge in [0, 0.05) is 16.2 Å². The van der Waals surface area contributed by atoms with E-state index in [1.165, 1.54) is 17.3 Å². The normalized spacial score (nSPS) is 11.6. The van der Waals surface area contributed by atoms with Crippen LogP contribution in [0.1, 0.15) is 42.3 Å². The van der Waals surface area contributed by atoms with Crippen LogP contribution in [0.15, 0.2) is 58.5 Å². The molecule has 0 amide bonds. The first-order chi connectivity index (χ1) is 14.8. The summed E-state index contributed by atoms with van der Waals surface area (Å²) in [6, 6.07) is 18.1. The molecule has 0 aliphatic rings. The summed E-state index contributed by atoms with van der Waals surface area (Å²) in [5, 5.41) is 10.3. The summed E-state index contributed by atoms with van der Waals surface area (Å²) in [4.78, 5) is 22.5. The smallest absolute Gasteiger partial charge is 0.260 e. The number of aromatic amines is 1. The summed E-state index contributed by atoms with van der Waals surface area (Å²) in [7, 11) is 0. The van der Waals surface area contributed by atoms with Crippen LogP contribution in [0.25, 0.3) is 21.3 Å². The number of thioether (sulfide) groups is 1. The Hall–Kier alpha value is -2.88. The molecule has 0 unspecified atom stereocenters. The summed E-state index contributed by atoms with van der Waals surface area (Å²) >= 11 is 3.02. The van der Waals surface area contributed by atoms with Crippen LogP contribution >= 0.6 is 23.1 Å². The van der Waals surface area contributed by atoms with Gasteiger partial charge in [-0.05, 0) is 41.2 Å². The molecular weight excluding hydrogens is 422 g/mol. The predicted molar refractivity (Wildman–Crippen MR) is 130 cm³/mol. The minimum absolute atomic E-state index is 0.0855. The highest BCUT2D eigenvalue weighted by Gasteiger charge is 2.18. The van der Waals surface area contributed by atoms with Gasteiger partial charge in [-0.15, -0.1) is 11.3 Å². The largest absolute Gasteiger partial charge is 0.301 e. The molecule has 4 nitrogen and oxygen atoms in total. The quantitative estimate of drug-likeness (QED) is 0.291. The summed E-state index contributed by atoms with van der Waals surface area (Å²) in [6.07, 6.45) is 0. The molecule has 0 saturated carbocycles. The number of nitrogens with zero attached hydrogens (tertiary/aromatic N) is 2. The highest BCUT2D eigenvalue weighted by atomic mass is 32.2. The third-order valence-corrected chi connectivity index (χ3v) is 7.13. The van der Waals surface area contributed by atoms with E-state index in [-0.39, 0.29) is 11.0 Å². The van der Waals surface area contributed by atoms with Gasteiger partial charge < -0.3 is 4.98 Å². The molecule has 2 heterocycles. The lowest BCUT2D eigenvalue weighted by atomic mass is 9.86. The maximum Gasteiger partial charge on any atom is 0.260 e. The zero-order valence-corrected chi connectivity index (χ0v) is 19.6. The second-order valence-electron chi connectivity index (χ2n) is 8.51. The van der Waals surface area contributed by atoms with Crippen LogP contribution in [0.2, 0.25) is 0 Å². The highest BCUT2D eigenvalue weighted by Crippen LogP contribution is 2.37. The average Bonchev–Trinajstić information content (AvgIpc) is 3.08. The lowest BCUT2D eigenvalue weighted by Crippen LogP contribution is -2.10. The Morgan fingerprint density at radius 3 is 2.58 bits per heavy atom. The molecule has 2 aromatic carbocycles. The van der Waals surface area contributed by atoms with E-state index in [1.807, 2.05) is 25.1 Å². The van der Waals surface area contributed by atoms with E-state index >= 15 is 0 Å². The number of thiophene rings is 1. The number of nitriles is 1. The molecule has 1 N–H and O–H groups in total. The number of aryl methyl sites for hydroxylation is 1. The van der Waals surface area contributed by atoms with Gasteiger partial charge >= 0.3 is 0 Å². The van der Waals surface area contributed by atoms with Gasteiger partial charge in [0.25, 0.3) is 5.56 Å². The fourth-order valence-corrected chi connectivity index (χ4v) is 5.44. The molecule has 4 rings (SSSR count). The van der Waals surface area contributed by atoms with E-state index < -0.39 is 0 Å². The molecule has 0 spiro atoms. The van der Waals surface area contributed by atoms with Crippen LogP contribution in [0, 0.1) is 18.3 Å². The molecule has 2 aromatic heterocycles. The number of nitrogens with one attached hydrogen (secondary N) is 1. The zero-order chi connectivity index (χ0) is 22.2. The van der Waals surface area contributed by atoms with Crippen molar-refractivity contribution in [1.82, 2.24) is 9.97 Å². The Balaban J connectivity index is 1.67. The number of hydrogen-bond donors (Lipinski definition) is 1. The Labute approximate surface area is 190 Å². The van der Waals surface area contributed by atoms with Crippen molar-refractivity contribution >= 4 is 33.3 Å². The van der Waals surface area contributed by atoms with Crippen molar-refractivity contribution < 1.29 is 0 Å². The zero-order valence-electron chi connectivity index (χ0n) is 17.9. The predicted octanol–water partition coefficient (Wildman–Crippen LogP) is 6.42. The van der Waals surface area contributed by atoms with Crippen molar-refractivity contribution in [3.05, 3.63) is 80.5 Å². The summed E-state index contributed by atoms with van der Waals surface area (Å²) in [6.45, 7) is 8.62. The molecule has 31 heavy (non-hydrogen) atoms. The highest BCUT2D eigenvalue weighted by molar-refractivity contribution is 7.98. The fourth-order valence-electron chi connectivity index (χ4n) is 3.53. The molecule has 156 valence electrons. The number of fused-ring (bicyclic) bond motifs is 1. The van der Waals surface area contributed by atoms with E-state index in [1.54, 1.807) is 17.4 Å². The molecular formula is C25H23N3OS2. The Morgan fingerprint density at radius 2 is 1.90 bits per heavy atom. The van der Waals surface area contributed by atoms with Crippen molar-refractivity contribution in [3.8, 4) is 17.2 Å². The molecule has 6 heteroatoms. The first-order valence-corrected chi connectivity index (χ1v) is 11.8. The summed E-state index contributed by atoms with van der Waals surface area (Å²) in [5.74, 6) is 0.634. The molecule has 0 radical (unpaired) electrons. The molecule has 0 fully saturated rings. The first kappa shape index (κ1) is 21.4. The van der Waals surface area contributed by atoms with Crippen LogP contribution in [-0.4, -0.2) is 9.97 Å². The average molecular weight is 446 g/mol. The third-order valence-electron chi connectivity index (χ3n) is 5.19. The monoisotopic (exact) mass is 445 g/mol. The van der Waals surface area contributed by atoms with Gasteiger partial charge in [0.05, 0.1) is 17.0 Å². The standard InChI is InChI=1S/C25H23N3OS2/c1-15-20(18-8-10-19(11-9-18)25(2,3)4)21-22(29)27-24(28-23(21)31-15)30-14-17-7-5-6-16(12-17)13-26/h5-12H,14H2,1-4H3,(H,27,28,29). The van der Waals surface area contributed by atoms with Gasteiger partial charge in [-0.1, -0.05) is 68.9 Å². The van der Waals surface area contributed by atoms with E-state index in [0.29, 0.717) is 21.9 Å². The maximum atomic E-state index is 13.0. The lowest BCUT2D eigenvalue weighted by Gasteiger charge is -2.19. The molecule has 0 aliphatic heterocycles. The van der Waals surface area contributed by atoms with Gasteiger partial charge in [0.15, 0.2) is 5.16 Å². The van der Waals surface area contributed by atoms with Gasteiger partial charge in [0.1, 0.15) is 4.83 Å². The summed E-state index contributed by atoms with van der Waals surface area (Å²) < 4.78 is 0. The Morgan fingerprint density at radius 1 is 1.16 bits per heavy atom. The topological polar surface area (TPSA) is 69.5 Å². The van der Waals surface area contributed by atoms with Crippen LogP contribution in [0.3, 0.4) is 0 Å². The second kappa shape index (κ2) is 8.33. The number of H-pyrrole nitrogens is 1. The van der Waals surface area contributed by atoms with Crippen molar-refractivity contribution in [2.45, 2.75) is 44.0 Å². The molecule has 0 bridgehead atoms. The van der Waals surface area contributed by atoms with E-state index in [2.05, 4.69) is 56.1 Å². The number of hydrogen-bond acceptors (Lipinski definition) is 5. The van der Waals surface area contributed by atoms with E-state index in [0.717, 1.165) is 26.4 Å². The fraction of sp³-hybridized carbons (Fsp3) is 0.240. The van der Waals surface area contributed by atoms with E-state index in [4.69, 9.17) is 10.2 Å². The molecule has 4 aromatic rings. The molecule has 0 aliphatic carbocycles. The number of benzene rings is 2. The SMILES string of the molecule is Cc1sc2nc(SCc3cccc(C#N)c3)[nH]c(=O)c2c1-c1ccc(C(C)(C)C)cc1. The van der Waals surface area contributed by atoms with Gasteiger partial charge in [-0.3, -0.25) is 4.79 Å². The van der Waals surface area contributed by atoms with Crippen molar-refractivity contribution in [3.63, 3.8) is 0 Å². The van der Waals surface area contributed by atoms with Crippen molar-refractivity contribution in [1.29, 1.82) is 5.26 Å². The van der Waals surface area contributed by atoms with Gasteiger partial charge in [-0.25, -0.2) is 4.98 Å².